The number of rotatable bonds is 9. The third kappa shape index (κ3) is 8.79. The summed E-state index contributed by atoms with van der Waals surface area (Å²) in [6, 6.07) is 13.2. The van der Waals surface area contributed by atoms with E-state index in [2.05, 4.69) is 26.3 Å². The molecule has 5 amide bonds. The van der Waals surface area contributed by atoms with Crippen LogP contribution >= 0.6 is 11.3 Å². The van der Waals surface area contributed by atoms with Gasteiger partial charge >= 0.3 is 12.1 Å². The largest absolute Gasteiger partial charge is 0.507 e. The molecule has 3 heterocycles. The second-order valence-corrected chi connectivity index (χ2v) is 13.8. The quantitative estimate of drug-likeness (QED) is 0.114. The number of amides is 5. The average molecular weight is 728 g/mol. The van der Waals surface area contributed by atoms with Gasteiger partial charge in [0.05, 0.1) is 7.11 Å². The van der Waals surface area contributed by atoms with E-state index in [-0.39, 0.29) is 53.2 Å². The molecule has 1 saturated heterocycles. The number of aryl methyl sites for hydroxylation is 1. The molecule has 1 fully saturated rings. The van der Waals surface area contributed by atoms with Crippen LogP contribution in [0, 0.1) is 6.92 Å². The number of alkyl carbamates (subject to hydrolysis) is 1. The summed E-state index contributed by atoms with van der Waals surface area (Å²) in [5.41, 5.74) is 1.52. The van der Waals surface area contributed by atoms with Gasteiger partial charge in [0.2, 0.25) is 11.8 Å². The summed E-state index contributed by atoms with van der Waals surface area (Å²) < 4.78 is 10.2. The number of pyridine rings is 1. The first-order valence-corrected chi connectivity index (χ1v) is 17.0. The highest BCUT2D eigenvalue weighted by Crippen LogP contribution is 2.41. The van der Waals surface area contributed by atoms with E-state index in [4.69, 9.17) is 9.47 Å². The molecule has 14 nitrogen and oxygen atoms in total. The van der Waals surface area contributed by atoms with E-state index in [0.29, 0.717) is 11.3 Å². The number of phenols is 1. The number of piperidine rings is 1. The smallest absolute Gasteiger partial charge is 0.407 e. The van der Waals surface area contributed by atoms with Gasteiger partial charge in [-0.15, -0.1) is 11.3 Å². The summed E-state index contributed by atoms with van der Waals surface area (Å²) >= 11 is 1.38. The second kappa shape index (κ2) is 15.4. The Balaban J connectivity index is 1.48. The molecule has 15 heteroatoms. The highest BCUT2D eigenvalue weighted by molar-refractivity contribution is 7.13. The zero-order valence-corrected chi connectivity index (χ0v) is 29.9. The van der Waals surface area contributed by atoms with Gasteiger partial charge in [-0.2, -0.15) is 0 Å². The third-order valence-electron chi connectivity index (χ3n) is 7.88. The van der Waals surface area contributed by atoms with Gasteiger partial charge in [-0.25, -0.2) is 14.6 Å². The Hall–Kier alpha value is -6.09. The van der Waals surface area contributed by atoms with Crippen LogP contribution in [0.25, 0.3) is 21.6 Å². The minimum atomic E-state index is -0.982. The van der Waals surface area contributed by atoms with E-state index in [9.17, 15) is 33.9 Å². The number of thiophene rings is 1. The first-order valence-electron chi connectivity index (χ1n) is 16.2. The molecule has 4 aromatic rings. The summed E-state index contributed by atoms with van der Waals surface area (Å²) in [7, 11) is 1.13. The van der Waals surface area contributed by atoms with Gasteiger partial charge in [0.1, 0.15) is 23.1 Å². The summed E-state index contributed by atoms with van der Waals surface area (Å²) in [5, 5.41) is 23.3. The number of nitrogens with one attached hydrogen (secondary N) is 4. The number of anilines is 1. The molecule has 1 unspecified atom stereocenters. The Morgan fingerprint density at radius 1 is 0.981 bits per heavy atom. The van der Waals surface area contributed by atoms with Crippen LogP contribution < -0.4 is 21.3 Å². The van der Waals surface area contributed by atoms with E-state index in [0.717, 1.165) is 23.1 Å². The number of methoxy groups -OCH3 is 1. The van der Waals surface area contributed by atoms with Gasteiger partial charge in [-0.05, 0) is 93.1 Å². The van der Waals surface area contributed by atoms with Crippen molar-refractivity contribution in [2.45, 2.75) is 58.7 Å². The molecule has 0 saturated carbocycles. The first-order chi connectivity index (χ1) is 24.6. The van der Waals surface area contributed by atoms with Crippen molar-refractivity contribution in [1.29, 1.82) is 0 Å². The fourth-order valence-corrected chi connectivity index (χ4v) is 6.29. The highest BCUT2D eigenvalue weighted by atomic mass is 32.1. The fraction of sp³-hybridized carbons (Fsp3) is 0.270. The van der Waals surface area contributed by atoms with Gasteiger partial charge in [0.15, 0.2) is 5.69 Å². The van der Waals surface area contributed by atoms with Crippen molar-refractivity contribution >= 4 is 52.7 Å². The molecule has 1 aliphatic heterocycles. The van der Waals surface area contributed by atoms with E-state index >= 15 is 0 Å². The maximum atomic E-state index is 14.0. The summed E-state index contributed by atoms with van der Waals surface area (Å²) in [6.07, 6.45) is -0.427. The van der Waals surface area contributed by atoms with Crippen LogP contribution in [-0.2, 0) is 25.6 Å². The van der Waals surface area contributed by atoms with E-state index < -0.39 is 47.3 Å². The van der Waals surface area contributed by atoms with Crippen LogP contribution in [0.1, 0.15) is 76.1 Å². The number of benzene rings is 2. The second-order valence-electron chi connectivity index (χ2n) is 12.9. The molecule has 270 valence electrons. The normalized spacial score (nSPS) is 14.2. The monoisotopic (exact) mass is 727 g/mol. The third-order valence-corrected chi connectivity index (χ3v) is 8.93. The molecular weight excluding hydrogens is 690 g/mol. The topological polar surface area (TPSA) is 202 Å². The predicted molar refractivity (Wildman–Crippen MR) is 192 cm³/mol. The molecular formula is C37H37N5O9S. The van der Waals surface area contributed by atoms with Gasteiger partial charge in [-0.3, -0.25) is 24.5 Å². The highest BCUT2D eigenvalue weighted by Gasteiger charge is 2.30. The van der Waals surface area contributed by atoms with Crippen molar-refractivity contribution in [2.24, 2.45) is 0 Å². The minimum Gasteiger partial charge on any atom is -0.507 e. The van der Waals surface area contributed by atoms with E-state index in [1.54, 1.807) is 45.0 Å². The lowest BCUT2D eigenvalue weighted by atomic mass is 9.93. The van der Waals surface area contributed by atoms with Gasteiger partial charge in [0, 0.05) is 45.8 Å². The van der Waals surface area contributed by atoms with Crippen LogP contribution in [0.3, 0.4) is 0 Å². The van der Waals surface area contributed by atoms with E-state index in [1.807, 2.05) is 18.4 Å². The van der Waals surface area contributed by atoms with Crippen molar-refractivity contribution in [1.82, 2.24) is 20.9 Å². The molecule has 0 spiro atoms. The van der Waals surface area contributed by atoms with Crippen molar-refractivity contribution in [3.8, 4) is 27.3 Å². The lowest BCUT2D eigenvalue weighted by molar-refractivity contribution is -0.134. The maximum Gasteiger partial charge on any atom is 0.407 e. The Kier molecular flexibility index (Phi) is 11.0. The first kappa shape index (κ1) is 37.2. The SMILES string of the molecule is COC(=O)c1nc(C(=O)NC2CCC(=O)NC2=O)ccc1-c1cc(O)c(-c2sccc2C)cc1C(=O)Nc1ccc(CNC(=O)OC(C)(C)C)cc1. The van der Waals surface area contributed by atoms with Crippen LogP contribution in [0.15, 0.2) is 60.0 Å². The van der Waals surface area contributed by atoms with Crippen LogP contribution in [-0.4, -0.2) is 64.5 Å². The summed E-state index contributed by atoms with van der Waals surface area (Å²) in [4.78, 5) is 81.0. The standard InChI is InChI=1S/C37H37N5O9S/c1-19-14-15-52-31(19)25-16-24(32(45)39-21-8-6-20(7-9-21)18-38-36(49)51-37(2,3)4)23(17-28(25)43)22-10-11-26(40-30(22)35(48)50-5)33(46)41-27-12-13-29(44)42-34(27)47/h6-11,14-17,27,43H,12-13,18H2,1-5H3,(H,38,49)(H,39,45)(H,41,46)(H,42,44,47). The number of hydrogen-bond acceptors (Lipinski definition) is 11. The van der Waals surface area contributed by atoms with E-state index in [1.165, 1.54) is 35.6 Å². The molecule has 0 aliphatic carbocycles. The Morgan fingerprint density at radius 2 is 1.71 bits per heavy atom. The lowest BCUT2D eigenvalue weighted by Crippen LogP contribution is -2.52. The average Bonchev–Trinajstić information content (AvgIpc) is 3.52. The number of esters is 1. The number of hydrogen-bond donors (Lipinski definition) is 5. The van der Waals surface area contributed by atoms with Crippen molar-refractivity contribution in [3.05, 3.63) is 88.1 Å². The Labute approximate surface area is 302 Å². The number of carbonyl (C=O) groups excluding carboxylic acids is 6. The molecule has 2 aromatic carbocycles. The number of carbonyl (C=O) groups is 6. The number of imide groups is 1. The Morgan fingerprint density at radius 3 is 2.35 bits per heavy atom. The van der Waals surface area contributed by atoms with Gasteiger partial charge in [-0.1, -0.05) is 12.1 Å². The zero-order chi connectivity index (χ0) is 37.7. The fourth-order valence-electron chi connectivity index (χ4n) is 5.34. The Bertz CT molecular complexity index is 2070. The van der Waals surface area contributed by atoms with Crippen molar-refractivity contribution in [2.75, 3.05) is 12.4 Å². The molecule has 2 aromatic heterocycles. The number of ether oxygens (including phenoxy) is 2. The number of nitrogens with zero attached hydrogens (tertiary/aromatic N) is 1. The molecule has 1 aliphatic rings. The van der Waals surface area contributed by atoms with Crippen LogP contribution in [0.2, 0.25) is 0 Å². The molecule has 0 radical (unpaired) electrons. The molecule has 52 heavy (non-hydrogen) atoms. The summed E-state index contributed by atoms with van der Waals surface area (Å²) in [6.45, 7) is 7.36. The predicted octanol–water partition coefficient (Wildman–Crippen LogP) is 5.09. The number of aromatic nitrogens is 1. The maximum absolute atomic E-state index is 14.0. The van der Waals surface area contributed by atoms with Crippen LogP contribution in [0.5, 0.6) is 5.75 Å². The molecule has 0 bridgehead atoms. The minimum absolute atomic E-state index is 0.0429. The molecule has 1 atom stereocenters. The molecule has 5 N–H and O–H groups in total. The number of aromatic hydroxyl groups is 1. The van der Waals surface area contributed by atoms with Crippen molar-refractivity contribution in [3.63, 3.8) is 0 Å². The number of phenolic OH excluding ortho intramolecular Hbond substituents is 1. The van der Waals surface area contributed by atoms with Gasteiger partial charge in [0.25, 0.3) is 11.8 Å². The summed E-state index contributed by atoms with van der Waals surface area (Å²) in [5.74, 6) is -3.56. The zero-order valence-electron chi connectivity index (χ0n) is 29.0. The molecule has 5 rings (SSSR count). The van der Waals surface area contributed by atoms with Crippen LogP contribution in [0.4, 0.5) is 10.5 Å². The lowest BCUT2D eigenvalue weighted by Gasteiger charge is -2.21. The van der Waals surface area contributed by atoms with Crippen molar-refractivity contribution < 1.29 is 43.3 Å². The van der Waals surface area contributed by atoms with Gasteiger partial charge < -0.3 is 30.5 Å².